The van der Waals surface area contributed by atoms with E-state index in [1.165, 1.54) is 0 Å². The molecule has 0 unspecified atom stereocenters. The van der Waals surface area contributed by atoms with E-state index < -0.39 is 0 Å². The number of carbonyl (C=O) groups excluding carboxylic acids is 1. The SMILES string of the molecule is COc1ccc(Cl)cc1NC(=O)N1CCCO[C@@H](CN2CCOCC2)C1. The van der Waals surface area contributed by atoms with E-state index in [0.717, 1.165) is 39.3 Å². The molecule has 144 valence electrons. The lowest BCUT2D eigenvalue weighted by molar-refractivity contribution is -0.00983. The van der Waals surface area contributed by atoms with Crippen molar-refractivity contribution < 1.29 is 19.0 Å². The Kier molecular flexibility index (Phi) is 6.96. The number of hydrogen-bond donors (Lipinski definition) is 1. The number of amides is 2. The van der Waals surface area contributed by atoms with Crippen LogP contribution in [0.25, 0.3) is 0 Å². The van der Waals surface area contributed by atoms with Crippen LogP contribution >= 0.6 is 11.6 Å². The minimum absolute atomic E-state index is 0.00241. The third-order valence-electron chi connectivity index (χ3n) is 4.61. The second kappa shape index (κ2) is 9.41. The number of halogens is 1. The molecule has 2 saturated heterocycles. The van der Waals surface area contributed by atoms with Crippen molar-refractivity contribution in [2.75, 3.05) is 65.0 Å². The van der Waals surface area contributed by atoms with Crippen molar-refractivity contribution in [1.82, 2.24) is 9.80 Å². The Labute approximate surface area is 159 Å². The van der Waals surface area contributed by atoms with Crippen molar-refractivity contribution in [3.05, 3.63) is 23.2 Å². The van der Waals surface area contributed by atoms with Gasteiger partial charge in [-0.15, -0.1) is 0 Å². The maximum absolute atomic E-state index is 12.8. The first-order chi connectivity index (χ1) is 12.7. The smallest absolute Gasteiger partial charge is 0.322 e. The minimum atomic E-state index is -0.164. The van der Waals surface area contributed by atoms with Gasteiger partial charge in [-0.25, -0.2) is 4.79 Å². The van der Waals surface area contributed by atoms with E-state index in [1.807, 2.05) is 0 Å². The number of ether oxygens (including phenoxy) is 3. The van der Waals surface area contributed by atoms with Crippen molar-refractivity contribution in [2.24, 2.45) is 0 Å². The summed E-state index contributed by atoms with van der Waals surface area (Å²) in [7, 11) is 1.57. The summed E-state index contributed by atoms with van der Waals surface area (Å²) in [6.45, 7) is 6.03. The lowest BCUT2D eigenvalue weighted by atomic mass is 10.2. The molecule has 0 saturated carbocycles. The molecule has 7 nitrogen and oxygen atoms in total. The highest BCUT2D eigenvalue weighted by molar-refractivity contribution is 6.31. The second-order valence-corrected chi connectivity index (χ2v) is 6.92. The van der Waals surface area contributed by atoms with Crippen LogP contribution in [0.15, 0.2) is 18.2 Å². The number of carbonyl (C=O) groups is 1. The summed E-state index contributed by atoms with van der Waals surface area (Å²) in [4.78, 5) is 16.9. The fourth-order valence-electron chi connectivity index (χ4n) is 3.23. The molecule has 0 spiro atoms. The van der Waals surface area contributed by atoms with Gasteiger partial charge in [0.05, 0.1) is 32.1 Å². The summed E-state index contributed by atoms with van der Waals surface area (Å²) >= 11 is 6.04. The Hall–Kier alpha value is -1.54. The van der Waals surface area contributed by atoms with Gasteiger partial charge < -0.3 is 24.4 Å². The highest BCUT2D eigenvalue weighted by Crippen LogP contribution is 2.28. The predicted octanol–water partition coefficient (Wildman–Crippen LogP) is 2.30. The van der Waals surface area contributed by atoms with E-state index in [2.05, 4.69) is 10.2 Å². The average Bonchev–Trinajstić information content (AvgIpc) is 2.88. The zero-order valence-corrected chi connectivity index (χ0v) is 15.8. The molecule has 3 rings (SSSR count). The van der Waals surface area contributed by atoms with Crippen LogP contribution in [0.2, 0.25) is 5.02 Å². The van der Waals surface area contributed by atoms with Crippen molar-refractivity contribution >= 4 is 23.3 Å². The number of methoxy groups -OCH3 is 1. The summed E-state index contributed by atoms with van der Waals surface area (Å²) in [5.41, 5.74) is 0.569. The van der Waals surface area contributed by atoms with E-state index in [0.29, 0.717) is 36.2 Å². The zero-order valence-electron chi connectivity index (χ0n) is 15.1. The number of morpholine rings is 1. The predicted molar refractivity (Wildman–Crippen MR) is 100 cm³/mol. The second-order valence-electron chi connectivity index (χ2n) is 6.48. The van der Waals surface area contributed by atoms with Crippen LogP contribution in [0.5, 0.6) is 5.75 Å². The molecule has 1 N–H and O–H groups in total. The van der Waals surface area contributed by atoms with Gasteiger partial charge in [-0.3, -0.25) is 4.90 Å². The van der Waals surface area contributed by atoms with Gasteiger partial charge in [-0.05, 0) is 24.6 Å². The Morgan fingerprint density at radius 1 is 1.31 bits per heavy atom. The highest BCUT2D eigenvalue weighted by atomic mass is 35.5. The standard InChI is InChI=1S/C18H26ClN3O4/c1-24-17-4-3-14(19)11-16(17)20-18(23)22-5-2-8-26-15(13-22)12-21-6-9-25-10-7-21/h3-4,11,15H,2,5-10,12-13H2,1H3,(H,20,23)/t15-/m0/s1. The third kappa shape index (κ3) is 5.23. The molecule has 2 aliphatic rings. The Morgan fingerprint density at radius 3 is 2.88 bits per heavy atom. The lowest BCUT2D eigenvalue weighted by Gasteiger charge is -2.31. The maximum atomic E-state index is 12.8. The van der Waals surface area contributed by atoms with Crippen LogP contribution in [-0.4, -0.2) is 81.6 Å². The largest absolute Gasteiger partial charge is 0.495 e. The van der Waals surface area contributed by atoms with Crippen LogP contribution in [0.3, 0.4) is 0 Å². The average molecular weight is 384 g/mol. The summed E-state index contributed by atoms with van der Waals surface area (Å²) in [6.07, 6.45) is 0.822. The molecule has 1 atom stereocenters. The first-order valence-electron chi connectivity index (χ1n) is 8.97. The number of rotatable bonds is 4. The van der Waals surface area contributed by atoms with Crippen LogP contribution in [-0.2, 0) is 9.47 Å². The Bertz CT molecular complexity index is 610. The summed E-state index contributed by atoms with van der Waals surface area (Å²) in [6, 6.07) is 5.00. The highest BCUT2D eigenvalue weighted by Gasteiger charge is 2.25. The molecule has 2 amide bonds. The zero-order chi connectivity index (χ0) is 18.4. The molecule has 2 heterocycles. The van der Waals surface area contributed by atoms with Gasteiger partial charge in [0, 0.05) is 44.4 Å². The quantitative estimate of drug-likeness (QED) is 0.864. The topological polar surface area (TPSA) is 63.3 Å². The molecular formula is C18H26ClN3O4. The maximum Gasteiger partial charge on any atom is 0.322 e. The molecule has 1 aromatic carbocycles. The number of hydrogen-bond acceptors (Lipinski definition) is 5. The molecule has 2 fully saturated rings. The fourth-order valence-corrected chi connectivity index (χ4v) is 3.41. The van der Waals surface area contributed by atoms with Crippen LogP contribution in [0.1, 0.15) is 6.42 Å². The Balaban J connectivity index is 1.61. The summed E-state index contributed by atoms with van der Waals surface area (Å²) in [5.74, 6) is 0.582. The molecule has 0 aromatic heterocycles. The first-order valence-corrected chi connectivity index (χ1v) is 9.34. The van der Waals surface area contributed by atoms with E-state index in [-0.39, 0.29) is 12.1 Å². The van der Waals surface area contributed by atoms with Gasteiger partial charge in [-0.1, -0.05) is 11.6 Å². The van der Waals surface area contributed by atoms with Crippen LogP contribution < -0.4 is 10.1 Å². The lowest BCUT2D eigenvalue weighted by Crippen LogP contribution is -2.46. The number of nitrogens with zero attached hydrogens (tertiary/aromatic N) is 2. The fraction of sp³-hybridized carbons (Fsp3) is 0.611. The molecule has 1 aromatic rings. The molecule has 8 heteroatoms. The first kappa shape index (κ1) is 19.2. The number of benzene rings is 1. The number of urea groups is 1. The molecule has 0 bridgehead atoms. The summed E-state index contributed by atoms with van der Waals surface area (Å²) < 4.78 is 16.6. The Morgan fingerprint density at radius 2 is 2.12 bits per heavy atom. The van der Waals surface area contributed by atoms with Crippen molar-refractivity contribution in [3.8, 4) is 5.75 Å². The van der Waals surface area contributed by atoms with Crippen molar-refractivity contribution in [3.63, 3.8) is 0 Å². The monoisotopic (exact) mass is 383 g/mol. The van der Waals surface area contributed by atoms with Gasteiger partial charge >= 0.3 is 6.03 Å². The number of nitrogens with one attached hydrogen (secondary N) is 1. The summed E-state index contributed by atoms with van der Waals surface area (Å²) in [5, 5.41) is 3.46. The normalized spacial score (nSPS) is 21.9. The van der Waals surface area contributed by atoms with Gasteiger partial charge in [0.2, 0.25) is 0 Å². The molecular weight excluding hydrogens is 358 g/mol. The van der Waals surface area contributed by atoms with E-state index >= 15 is 0 Å². The van der Waals surface area contributed by atoms with Gasteiger partial charge in [0.15, 0.2) is 0 Å². The molecule has 0 radical (unpaired) electrons. The third-order valence-corrected chi connectivity index (χ3v) is 4.84. The van der Waals surface area contributed by atoms with Gasteiger partial charge in [-0.2, -0.15) is 0 Å². The van der Waals surface area contributed by atoms with E-state index in [4.69, 9.17) is 25.8 Å². The van der Waals surface area contributed by atoms with Crippen LogP contribution in [0.4, 0.5) is 10.5 Å². The van der Waals surface area contributed by atoms with Gasteiger partial charge in [0.25, 0.3) is 0 Å². The minimum Gasteiger partial charge on any atom is -0.495 e. The van der Waals surface area contributed by atoms with Gasteiger partial charge in [0.1, 0.15) is 5.75 Å². The van der Waals surface area contributed by atoms with Crippen LogP contribution in [0, 0.1) is 0 Å². The molecule has 2 aliphatic heterocycles. The number of anilines is 1. The van der Waals surface area contributed by atoms with E-state index in [9.17, 15) is 4.79 Å². The molecule has 0 aliphatic carbocycles. The van der Waals surface area contributed by atoms with Crippen molar-refractivity contribution in [2.45, 2.75) is 12.5 Å². The molecule has 26 heavy (non-hydrogen) atoms. The van der Waals surface area contributed by atoms with Crippen molar-refractivity contribution in [1.29, 1.82) is 0 Å². The van der Waals surface area contributed by atoms with E-state index in [1.54, 1.807) is 30.2 Å².